The van der Waals surface area contributed by atoms with Gasteiger partial charge in [0, 0.05) is 0 Å². The van der Waals surface area contributed by atoms with Crippen LogP contribution in [0.25, 0.3) is 0 Å². The fraction of sp³-hybridized carbons (Fsp3) is 0.833. The van der Waals surface area contributed by atoms with Gasteiger partial charge in [-0.3, -0.25) is 0 Å². The molecule has 0 unspecified atom stereocenters. The summed E-state index contributed by atoms with van der Waals surface area (Å²) in [6, 6.07) is 0. The van der Waals surface area contributed by atoms with Crippen LogP contribution in [0.1, 0.15) is 6.42 Å². The highest BCUT2D eigenvalue weighted by atomic mass is 19.4. The number of rotatable bonds is 3. The maximum absolute atomic E-state index is 12.1. The van der Waals surface area contributed by atoms with E-state index < -0.39 is 31.3 Å². The van der Waals surface area contributed by atoms with Crippen LogP contribution in [0.3, 0.4) is 0 Å². The monoisotopic (exact) mass is 222 g/mol. The van der Waals surface area contributed by atoms with E-state index in [0.717, 1.165) is 7.11 Å². The Balaban J connectivity index is 3.95. The molecule has 0 aliphatic rings. The van der Waals surface area contributed by atoms with Crippen LogP contribution in [-0.2, 0) is 9.47 Å². The molecule has 84 valence electrons. The van der Waals surface area contributed by atoms with Gasteiger partial charge in [-0.1, -0.05) is 0 Å². The predicted molar refractivity (Wildman–Crippen MR) is 34.0 cm³/mol. The van der Waals surface area contributed by atoms with Gasteiger partial charge in [0.05, 0.1) is 13.5 Å². The van der Waals surface area contributed by atoms with Gasteiger partial charge in [-0.25, -0.2) is 4.79 Å². The van der Waals surface area contributed by atoms with Gasteiger partial charge in [0.2, 0.25) is 0 Å². The number of methoxy groups -OCH3 is 1. The molecule has 0 saturated heterocycles. The number of carbonyl (C=O) groups excluding carboxylic acids is 1. The first-order chi connectivity index (χ1) is 6.20. The lowest BCUT2D eigenvalue weighted by molar-refractivity contribution is -0.286. The maximum Gasteiger partial charge on any atom is 0.507 e. The molecule has 0 rings (SSSR count). The first-order valence-electron chi connectivity index (χ1n) is 3.36. The zero-order valence-corrected chi connectivity index (χ0v) is 7.03. The minimum absolute atomic E-state index is 0.907. The summed E-state index contributed by atoms with van der Waals surface area (Å²) < 4.78 is 66.6. The highest BCUT2D eigenvalue weighted by molar-refractivity contribution is 5.59. The molecule has 0 bridgehead atoms. The number of halogens is 5. The molecule has 0 N–H and O–H groups in total. The van der Waals surface area contributed by atoms with E-state index in [0.29, 0.717) is 0 Å². The lowest BCUT2D eigenvalue weighted by Gasteiger charge is -2.18. The third kappa shape index (κ3) is 3.75. The Kier molecular flexibility index (Phi) is 4.08. The smallest absolute Gasteiger partial charge is 0.438 e. The first-order valence-corrected chi connectivity index (χ1v) is 3.36. The normalized spacial score (nSPS) is 12.4. The zero-order valence-electron chi connectivity index (χ0n) is 7.03. The number of carbonyl (C=O) groups is 1. The lowest BCUT2D eigenvalue weighted by atomic mass is 10.2. The van der Waals surface area contributed by atoms with Gasteiger partial charge < -0.3 is 9.47 Å². The number of hydrogen-bond donors (Lipinski definition) is 0. The van der Waals surface area contributed by atoms with Gasteiger partial charge in [0.25, 0.3) is 0 Å². The highest BCUT2D eigenvalue weighted by Gasteiger charge is 2.56. The molecule has 0 amide bonds. The average Bonchev–Trinajstić information content (AvgIpc) is 2.01. The molecular formula is C6H7F5O3. The molecule has 0 aliphatic heterocycles. The Hall–Kier alpha value is -1.08. The van der Waals surface area contributed by atoms with Crippen LogP contribution in [0.2, 0.25) is 0 Å². The van der Waals surface area contributed by atoms with E-state index in [1.807, 2.05) is 0 Å². The average molecular weight is 222 g/mol. The molecule has 0 spiro atoms. The molecule has 0 saturated carbocycles. The zero-order chi connectivity index (χ0) is 11.4. The molecule has 0 fully saturated rings. The molecule has 3 nitrogen and oxygen atoms in total. The summed E-state index contributed by atoms with van der Waals surface area (Å²) in [6.45, 7) is -1.06. The summed E-state index contributed by atoms with van der Waals surface area (Å²) in [4.78, 5) is 10.2. The molecule has 14 heavy (non-hydrogen) atoms. The van der Waals surface area contributed by atoms with Crippen LogP contribution in [0, 0.1) is 0 Å². The summed E-state index contributed by atoms with van der Waals surface area (Å²) in [6.07, 6.45) is -8.55. The van der Waals surface area contributed by atoms with Gasteiger partial charge in [0.1, 0.15) is 6.61 Å². The second-order valence-electron chi connectivity index (χ2n) is 2.25. The topological polar surface area (TPSA) is 35.5 Å². The van der Waals surface area contributed by atoms with Crippen molar-refractivity contribution in [1.29, 1.82) is 0 Å². The molecule has 0 aromatic heterocycles. The van der Waals surface area contributed by atoms with E-state index in [2.05, 4.69) is 9.47 Å². The van der Waals surface area contributed by atoms with Crippen molar-refractivity contribution in [2.24, 2.45) is 0 Å². The van der Waals surface area contributed by atoms with E-state index in [4.69, 9.17) is 0 Å². The van der Waals surface area contributed by atoms with E-state index in [9.17, 15) is 26.7 Å². The van der Waals surface area contributed by atoms with E-state index in [-0.39, 0.29) is 0 Å². The summed E-state index contributed by atoms with van der Waals surface area (Å²) in [5.41, 5.74) is 0. The quantitative estimate of drug-likeness (QED) is 0.543. The van der Waals surface area contributed by atoms with Crippen LogP contribution in [0.4, 0.5) is 26.7 Å². The molecule has 0 aliphatic carbocycles. The standard InChI is InChI=1S/C6H7F5O3/c1-13-4(12)14-3-2-5(7,8)6(9,10)11/h2-3H2,1H3. The predicted octanol–water partition coefficient (Wildman–Crippen LogP) is 2.36. The molecule has 0 heterocycles. The van der Waals surface area contributed by atoms with Crippen molar-refractivity contribution >= 4 is 6.16 Å². The molecule has 0 aromatic rings. The van der Waals surface area contributed by atoms with Crippen molar-refractivity contribution < 1.29 is 36.2 Å². The summed E-state index contributed by atoms with van der Waals surface area (Å²) in [5.74, 6) is -4.86. The van der Waals surface area contributed by atoms with Crippen molar-refractivity contribution in [2.75, 3.05) is 13.7 Å². The third-order valence-corrected chi connectivity index (χ3v) is 1.22. The van der Waals surface area contributed by atoms with Crippen molar-refractivity contribution in [1.82, 2.24) is 0 Å². The maximum atomic E-state index is 12.1. The van der Waals surface area contributed by atoms with Crippen molar-refractivity contribution in [2.45, 2.75) is 18.5 Å². The Morgan fingerprint density at radius 3 is 2.07 bits per heavy atom. The summed E-state index contributed by atoms with van der Waals surface area (Å²) in [7, 11) is 0.907. The lowest BCUT2D eigenvalue weighted by Crippen LogP contribution is -2.37. The van der Waals surface area contributed by atoms with Crippen LogP contribution >= 0.6 is 0 Å². The Morgan fingerprint density at radius 2 is 1.71 bits per heavy atom. The van der Waals surface area contributed by atoms with Crippen molar-refractivity contribution in [3.05, 3.63) is 0 Å². The highest BCUT2D eigenvalue weighted by Crippen LogP contribution is 2.37. The molecular weight excluding hydrogens is 215 g/mol. The van der Waals surface area contributed by atoms with E-state index >= 15 is 0 Å². The molecule has 0 aromatic carbocycles. The van der Waals surface area contributed by atoms with E-state index in [1.54, 1.807) is 0 Å². The SMILES string of the molecule is COC(=O)OCCC(F)(F)C(F)(F)F. The summed E-state index contributed by atoms with van der Waals surface area (Å²) >= 11 is 0. The van der Waals surface area contributed by atoms with Crippen LogP contribution < -0.4 is 0 Å². The van der Waals surface area contributed by atoms with Crippen LogP contribution in [0.15, 0.2) is 0 Å². The Morgan fingerprint density at radius 1 is 1.21 bits per heavy atom. The molecule has 0 atom stereocenters. The molecule has 0 radical (unpaired) electrons. The van der Waals surface area contributed by atoms with Crippen molar-refractivity contribution in [3.63, 3.8) is 0 Å². The number of alkyl halides is 5. The van der Waals surface area contributed by atoms with Gasteiger partial charge in [-0.05, 0) is 0 Å². The Bertz CT molecular complexity index is 200. The van der Waals surface area contributed by atoms with Crippen LogP contribution in [0.5, 0.6) is 0 Å². The second-order valence-corrected chi connectivity index (χ2v) is 2.25. The minimum atomic E-state index is -5.63. The fourth-order valence-corrected chi connectivity index (χ4v) is 0.463. The van der Waals surface area contributed by atoms with Gasteiger partial charge in [-0.2, -0.15) is 22.0 Å². The first kappa shape index (κ1) is 12.9. The van der Waals surface area contributed by atoms with Crippen LogP contribution in [-0.4, -0.2) is 32.0 Å². The fourth-order valence-electron chi connectivity index (χ4n) is 0.463. The third-order valence-electron chi connectivity index (χ3n) is 1.22. The van der Waals surface area contributed by atoms with Gasteiger partial charge in [0.15, 0.2) is 0 Å². The number of ether oxygens (including phenoxy) is 2. The van der Waals surface area contributed by atoms with Gasteiger partial charge >= 0.3 is 18.3 Å². The minimum Gasteiger partial charge on any atom is -0.438 e. The second kappa shape index (κ2) is 4.43. The molecule has 8 heteroatoms. The summed E-state index contributed by atoms with van der Waals surface area (Å²) in [5, 5.41) is 0. The number of hydrogen-bond acceptors (Lipinski definition) is 3. The largest absolute Gasteiger partial charge is 0.507 e. The Labute approximate surface area is 75.8 Å². The van der Waals surface area contributed by atoms with Gasteiger partial charge in [-0.15, -0.1) is 0 Å². The van der Waals surface area contributed by atoms with Crippen molar-refractivity contribution in [3.8, 4) is 0 Å². The van der Waals surface area contributed by atoms with E-state index in [1.165, 1.54) is 0 Å².